The fourth-order valence-corrected chi connectivity index (χ4v) is 2.37. The largest absolute Gasteiger partial charge is 0.287 e. The summed E-state index contributed by atoms with van der Waals surface area (Å²) < 4.78 is 25.6. The lowest BCUT2D eigenvalue weighted by molar-refractivity contribution is 0.100. The van der Waals surface area contributed by atoms with Crippen molar-refractivity contribution in [2.75, 3.05) is 12.4 Å². The molecule has 0 aliphatic carbocycles. The van der Waals surface area contributed by atoms with Crippen molar-refractivity contribution in [3.8, 4) is 0 Å². The quantitative estimate of drug-likeness (QED) is 0.385. The van der Waals surface area contributed by atoms with Crippen molar-refractivity contribution < 1.29 is 13.2 Å². The van der Waals surface area contributed by atoms with Crippen molar-refractivity contribution in [3.05, 3.63) is 40.3 Å². The van der Waals surface area contributed by atoms with Gasteiger partial charge in [-0.1, -0.05) is 0 Å². The highest BCUT2D eigenvalue weighted by Crippen LogP contribution is 2.11. The molecule has 96 valence electrons. The van der Waals surface area contributed by atoms with E-state index in [0.29, 0.717) is 0 Å². The van der Waals surface area contributed by atoms with Gasteiger partial charge in [-0.25, -0.2) is 13.1 Å². The Hall–Kier alpha value is -1.60. The lowest BCUT2D eigenvalue weighted by Crippen LogP contribution is -2.25. The number of alkyl halides is 1. The number of rotatable bonds is 5. The molecule has 1 rings (SSSR count). The number of amides is 1. The molecule has 0 aliphatic heterocycles. The number of benzene rings is 1. The first kappa shape index (κ1) is 14.5. The molecule has 0 unspecified atom stereocenters. The highest BCUT2D eigenvalue weighted by atomic mass is 35.5. The molecule has 9 heteroatoms. The number of hydrogen-bond acceptors (Lipinski definition) is 3. The Morgan fingerprint density at radius 3 is 2.50 bits per heavy atom. The molecule has 0 radical (unpaired) electrons. The van der Waals surface area contributed by atoms with Crippen LogP contribution in [-0.4, -0.2) is 26.7 Å². The van der Waals surface area contributed by atoms with Gasteiger partial charge in [-0.3, -0.25) is 4.79 Å². The second-order valence-electron chi connectivity index (χ2n) is 3.11. The molecule has 0 saturated carbocycles. The molecule has 1 aromatic rings. The van der Waals surface area contributed by atoms with Gasteiger partial charge in [-0.2, -0.15) is 0 Å². The van der Waals surface area contributed by atoms with Crippen molar-refractivity contribution >= 4 is 27.5 Å². The molecular formula is C9H9ClN4O3S. The second kappa shape index (κ2) is 6.36. The molecular weight excluding hydrogens is 280 g/mol. The Bertz CT molecular complexity index is 578. The first-order valence-corrected chi connectivity index (χ1v) is 6.78. The molecule has 0 spiro atoms. The van der Waals surface area contributed by atoms with E-state index >= 15 is 0 Å². The fraction of sp³-hybridized carbons (Fsp3) is 0.222. The van der Waals surface area contributed by atoms with Crippen LogP contribution in [-0.2, 0) is 10.0 Å². The Balaban J connectivity index is 2.95. The standard InChI is InChI=1S/C9H9ClN4O3S/c10-5-6-12-18(16,17)8-3-1-7(2-4-8)9(15)13-14-11/h1-4,12H,5-6H2. The van der Waals surface area contributed by atoms with Gasteiger partial charge in [-0.15, -0.1) is 11.6 Å². The lowest BCUT2D eigenvalue weighted by atomic mass is 10.2. The van der Waals surface area contributed by atoms with Crippen LogP contribution < -0.4 is 4.72 Å². The molecule has 18 heavy (non-hydrogen) atoms. The second-order valence-corrected chi connectivity index (χ2v) is 5.25. The number of sulfonamides is 1. The smallest absolute Gasteiger partial charge is 0.249 e. The minimum Gasteiger partial charge on any atom is -0.287 e. The SMILES string of the molecule is [N-]=[N+]=NC(=O)c1ccc(S(=O)(=O)NCCCl)cc1. The third-order valence-corrected chi connectivity index (χ3v) is 3.60. The van der Waals surface area contributed by atoms with Gasteiger partial charge in [0.05, 0.1) is 4.90 Å². The zero-order chi connectivity index (χ0) is 13.6. The number of carbonyl (C=O) groups is 1. The summed E-state index contributed by atoms with van der Waals surface area (Å²) in [5.74, 6) is -0.609. The summed E-state index contributed by atoms with van der Waals surface area (Å²) in [7, 11) is -3.63. The summed E-state index contributed by atoms with van der Waals surface area (Å²) in [6.07, 6.45) is 0. The van der Waals surface area contributed by atoms with E-state index in [1.165, 1.54) is 24.3 Å². The van der Waals surface area contributed by atoms with Crippen LogP contribution in [0, 0.1) is 0 Å². The maximum absolute atomic E-state index is 11.7. The highest BCUT2D eigenvalue weighted by Gasteiger charge is 2.13. The monoisotopic (exact) mass is 288 g/mol. The van der Waals surface area contributed by atoms with Gasteiger partial charge >= 0.3 is 0 Å². The van der Waals surface area contributed by atoms with Crippen molar-refractivity contribution in [2.45, 2.75) is 4.90 Å². The van der Waals surface area contributed by atoms with Crippen LogP contribution in [0.3, 0.4) is 0 Å². The Labute approximate surface area is 108 Å². The third kappa shape index (κ3) is 3.71. The number of hydrogen-bond donors (Lipinski definition) is 1. The highest BCUT2D eigenvalue weighted by molar-refractivity contribution is 7.89. The van der Waals surface area contributed by atoms with Crippen LogP contribution >= 0.6 is 11.6 Å². The van der Waals surface area contributed by atoms with Gasteiger partial charge < -0.3 is 0 Å². The topological polar surface area (TPSA) is 112 Å². The molecule has 1 N–H and O–H groups in total. The number of azide groups is 1. The molecule has 0 saturated heterocycles. The Morgan fingerprint density at radius 1 is 1.39 bits per heavy atom. The lowest BCUT2D eigenvalue weighted by Gasteiger charge is -2.05. The molecule has 0 bridgehead atoms. The van der Waals surface area contributed by atoms with E-state index in [4.69, 9.17) is 17.1 Å². The summed E-state index contributed by atoms with van der Waals surface area (Å²) >= 11 is 5.38. The van der Waals surface area contributed by atoms with Gasteiger partial charge in [0.25, 0.3) is 0 Å². The van der Waals surface area contributed by atoms with E-state index in [0.717, 1.165) is 0 Å². The first-order valence-electron chi connectivity index (χ1n) is 4.76. The van der Waals surface area contributed by atoms with Crippen molar-refractivity contribution in [1.82, 2.24) is 4.72 Å². The Kier molecular flexibility index (Phi) is 5.11. The predicted octanol–water partition coefficient (Wildman–Crippen LogP) is 1.65. The molecule has 1 amide bonds. The zero-order valence-electron chi connectivity index (χ0n) is 9.08. The molecule has 7 nitrogen and oxygen atoms in total. The molecule has 0 atom stereocenters. The predicted molar refractivity (Wildman–Crippen MR) is 65.8 cm³/mol. The van der Waals surface area contributed by atoms with Gasteiger partial charge in [0.1, 0.15) is 0 Å². The summed E-state index contributed by atoms with van der Waals surface area (Å²) in [6, 6.07) is 5.03. The van der Waals surface area contributed by atoms with Gasteiger partial charge in [0.15, 0.2) is 0 Å². The van der Waals surface area contributed by atoms with E-state index in [1.54, 1.807) is 0 Å². The molecule has 0 aromatic heterocycles. The zero-order valence-corrected chi connectivity index (χ0v) is 10.6. The molecule has 0 heterocycles. The molecule has 0 aliphatic rings. The molecule has 1 aromatic carbocycles. The van der Waals surface area contributed by atoms with Gasteiger partial charge in [-0.05, 0) is 34.9 Å². The summed E-state index contributed by atoms with van der Waals surface area (Å²) in [6.45, 7) is 0.114. The van der Waals surface area contributed by atoms with E-state index < -0.39 is 15.9 Å². The van der Waals surface area contributed by atoms with E-state index in [1.807, 2.05) is 0 Å². The third-order valence-electron chi connectivity index (χ3n) is 1.93. The normalized spacial score (nSPS) is 10.7. The minimum absolute atomic E-state index is 0.00473. The van der Waals surface area contributed by atoms with Crippen molar-refractivity contribution in [1.29, 1.82) is 0 Å². The number of nitrogens with zero attached hydrogens (tertiary/aromatic N) is 3. The first-order chi connectivity index (χ1) is 8.51. The average molecular weight is 289 g/mol. The number of carbonyl (C=O) groups excluding carboxylic acids is 1. The van der Waals surface area contributed by atoms with Crippen molar-refractivity contribution in [2.24, 2.45) is 5.11 Å². The number of nitrogens with one attached hydrogen (secondary N) is 1. The van der Waals surface area contributed by atoms with Gasteiger partial charge in [0.2, 0.25) is 15.9 Å². The van der Waals surface area contributed by atoms with E-state index in [-0.39, 0.29) is 22.9 Å². The van der Waals surface area contributed by atoms with Crippen LogP contribution in [0.2, 0.25) is 0 Å². The minimum atomic E-state index is -3.63. The summed E-state index contributed by atoms with van der Waals surface area (Å²) in [5, 5.41) is 2.90. The fourth-order valence-electron chi connectivity index (χ4n) is 1.13. The number of halogens is 1. The van der Waals surface area contributed by atoms with Crippen LogP contribution in [0.15, 0.2) is 34.3 Å². The summed E-state index contributed by atoms with van der Waals surface area (Å²) in [4.78, 5) is 13.5. The molecule has 0 fully saturated rings. The maximum atomic E-state index is 11.7. The Morgan fingerprint density at radius 2 is 2.00 bits per heavy atom. The van der Waals surface area contributed by atoms with E-state index in [9.17, 15) is 13.2 Å². The maximum Gasteiger partial charge on any atom is 0.249 e. The van der Waals surface area contributed by atoms with Crippen LogP contribution in [0.5, 0.6) is 0 Å². The van der Waals surface area contributed by atoms with Crippen LogP contribution in [0.25, 0.3) is 10.4 Å². The van der Waals surface area contributed by atoms with Crippen LogP contribution in [0.1, 0.15) is 10.4 Å². The van der Waals surface area contributed by atoms with Crippen LogP contribution in [0.4, 0.5) is 0 Å². The van der Waals surface area contributed by atoms with E-state index in [2.05, 4.69) is 14.7 Å². The summed E-state index contributed by atoms with van der Waals surface area (Å²) in [5.41, 5.74) is 8.21. The van der Waals surface area contributed by atoms with Crippen molar-refractivity contribution in [3.63, 3.8) is 0 Å². The average Bonchev–Trinajstić information content (AvgIpc) is 2.37. The van der Waals surface area contributed by atoms with Gasteiger partial charge in [0, 0.05) is 22.9 Å².